The Morgan fingerprint density at radius 1 is 1.15 bits per heavy atom. The molecule has 1 amide bonds. The summed E-state index contributed by atoms with van der Waals surface area (Å²) in [5, 5.41) is 10.6. The minimum atomic E-state index is -0.715. The highest BCUT2D eigenvalue weighted by Gasteiger charge is 2.25. The van der Waals surface area contributed by atoms with Gasteiger partial charge in [-0.3, -0.25) is 9.36 Å². The average Bonchev–Trinajstić information content (AvgIpc) is 2.89. The molecular weight excluding hydrogens is 366 g/mol. The maximum absolute atomic E-state index is 12.1. The number of rotatable bonds is 2. The Morgan fingerprint density at radius 2 is 1.89 bits per heavy atom. The molecule has 0 atom stereocenters. The Labute approximate surface area is 159 Å². The van der Waals surface area contributed by atoms with Crippen molar-refractivity contribution >= 4 is 45.5 Å². The second-order valence-corrected chi connectivity index (χ2v) is 6.75. The van der Waals surface area contributed by atoms with Crippen LogP contribution in [0.2, 0.25) is 5.02 Å². The number of phenols is 1. The van der Waals surface area contributed by atoms with Crippen molar-refractivity contribution in [2.45, 2.75) is 13.8 Å². The van der Waals surface area contributed by atoms with Crippen molar-refractivity contribution in [2.75, 3.05) is 5.73 Å². The number of primary amides is 1. The molecule has 136 valence electrons. The van der Waals surface area contributed by atoms with Crippen molar-refractivity contribution in [3.05, 3.63) is 52.0 Å². The number of carbonyl (C=O) groups excluding carboxylic acids is 1. The fourth-order valence-electron chi connectivity index (χ4n) is 3.34. The molecular formula is C19H16ClN5O2. The first-order valence-electron chi connectivity index (χ1n) is 8.16. The maximum Gasteiger partial charge on any atom is 0.254 e. The van der Waals surface area contributed by atoms with E-state index in [0.717, 1.165) is 5.56 Å². The lowest BCUT2D eigenvalue weighted by molar-refractivity contribution is 0.100. The van der Waals surface area contributed by atoms with Crippen molar-refractivity contribution in [3.63, 3.8) is 0 Å². The van der Waals surface area contributed by atoms with Gasteiger partial charge in [-0.05, 0) is 37.6 Å². The summed E-state index contributed by atoms with van der Waals surface area (Å²) in [6, 6.07) is 8.59. The lowest BCUT2D eigenvalue weighted by Gasteiger charge is -2.15. The van der Waals surface area contributed by atoms with Gasteiger partial charge < -0.3 is 16.6 Å². The number of hydrogen-bond donors (Lipinski definition) is 3. The average molecular weight is 382 g/mol. The molecule has 7 nitrogen and oxygen atoms in total. The van der Waals surface area contributed by atoms with Gasteiger partial charge in [0.15, 0.2) is 5.65 Å². The van der Waals surface area contributed by atoms with Gasteiger partial charge in [0.25, 0.3) is 5.91 Å². The number of amides is 1. The highest BCUT2D eigenvalue weighted by atomic mass is 35.5. The van der Waals surface area contributed by atoms with Crippen LogP contribution in [-0.4, -0.2) is 25.5 Å². The summed E-state index contributed by atoms with van der Waals surface area (Å²) in [5.74, 6) is -0.498. The molecule has 2 aromatic heterocycles. The summed E-state index contributed by atoms with van der Waals surface area (Å²) < 4.78 is 1.60. The first-order chi connectivity index (χ1) is 12.8. The first kappa shape index (κ1) is 17.1. The van der Waals surface area contributed by atoms with Crippen LogP contribution in [0.15, 0.2) is 30.3 Å². The molecule has 2 heterocycles. The molecule has 4 aromatic rings. The van der Waals surface area contributed by atoms with Crippen LogP contribution in [0, 0.1) is 13.8 Å². The zero-order valence-corrected chi connectivity index (χ0v) is 15.4. The zero-order chi connectivity index (χ0) is 19.5. The number of phenolic OH excluding ortho intramolecular Hbond substituents is 1. The van der Waals surface area contributed by atoms with Gasteiger partial charge in [0.05, 0.1) is 16.2 Å². The number of para-hydroxylation sites is 1. The normalized spacial score (nSPS) is 11.4. The lowest BCUT2D eigenvalue weighted by atomic mass is 10.1. The van der Waals surface area contributed by atoms with Crippen LogP contribution in [-0.2, 0) is 0 Å². The molecule has 0 aliphatic heterocycles. The van der Waals surface area contributed by atoms with Crippen LogP contribution in [0.5, 0.6) is 5.75 Å². The quantitative estimate of drug-likeness (QED) is 0.492. The number of halogens is 1. The lowest BCUT2D eigenvalue weighted by Crippen LogP contribution is -2.14. The van der Waals surface area contributed by atoms with E-state index >= 15 is 0 Å². The maximum atomic E-state index is 12.1. The molecule has 2 aromatic carbocycles. The SMILES string of the molecule is Cc1ccc(O)c(C)c1-n1c(N)c(C(N)=O)c2nc3c(Cl)cccc3nc21. The van der Waals surface area contributed by atoms with Gasteiger partial charge in [-0.25, -0.2) is 9.97 Å². The van der Waals surface area contributed by atoms with Crippen LogP contribution in [0.25, 0.3) is 27.9 Å². The number of nitrogens with two attached hydrogens (primary N) is 2. The second-order valence-electron chi connectivity index (χ2n) is 6.34. The van der Waals surface area contributed by atoms with E-state index in [4.69, 9.17) is 23.1 Å². The molecule has 5 N–H and O–H groups in total. The summed E-state index contributed by atoms with van der Waals surface area (Å²) in [5.41, 5.74) is 15.7. The van der Waals surface area contributed by atoms with E-state index in [1.165, 1.54) is 0 Å². The Balaban J connectivity index is 2.24. The number of nitrogens with zero attached hydrogens (tertiary/aromatic N) is 3. The number of hydrogen-bond acceptors (Lipinski definition) is 5. The van der Waals surface area contributed by atoms with E-state index in [2.05, 4.69) is 9.97 Å². The number of carbonyl (C=O) groups is 1. The van der Waals surface area contributed by atoms with Crippen molar-refractivity contribution in [3.8, 4) is 11.4 Å². The number of nitrogen functional groups attached to an aromatic ring is 1. The Morgan fingerprint density at radius 3 is 2.59 bits per heavy atom. The molecule has 8 heteroatoms. The summed E-state index contributed by atoms with van der Waals surface area (Å²) in [6.07, 6.45) is 0. The number of fused-ring (bicyclic) bond motifs is 2. The number of anilines is 1. The summed E-state index contributed by atoms with van der Waals surface area (Å²) >= 11 is 6.23. The standard InChI is InChI=1S/C19H16ClN5O2/c1-8-6-7-12(26)9(2)16(8)25-17(21)13(18(22)27)15-19(25)23-11-5-3-4-10(20)14(11)24-15/h3-7,26H,21H2,1-2H3,(H2,22,27). The van der Waals surface area contributed by atoms with Gasteiger partial charge in [-0.15, -0.1) is 0 Å². The van der Waals surface area contributed by atoms with E-state index in [-0.39, 0.29) is 22.6 Å². The second kappa shape index (κ2) is 5.85. The molecule has 0 aliphatic rings. The van der Waals surface area contributed by atoms with Gasteiger partial charge in [0, 0.05) is 5.56 Å². The summed E-state index contributed by atoms with van der Waals surface area (Å²) in [7, 11) is 0. The van der Waals surface area contributed by atoms with E-state index in [1.807, 2.05) is 6.92 Å². The molecule has 0 aliphatic carbocycles. The molecule has 0 radical (unpaired) electrons. The molecule has 0 saturated carbocycles. The van der Waals surface area contributed by atoms with E-state index in [9.17, 15) is 9.90 Å². The van der Waals surface area contributed by atoms with Crippen LogP contribution >= 0.6 is 11.6 Å². The third kappa shape index (κ3) is 2.39. The predicted octanol–water partition coefficient (Wildman–Crippen LogP) is 3.23. The van der Waals surface area contributed by atoms with Gasteiger partial charge in [0.2, 0.25) is 0 Å². The van der Waals surface area contributed by atoms with Gasteiger partial charge in [0.1, 0.15) is 28.2 Å². The number of aromatic hydroxyl groups is 1. The fraction of sp³-hybridized carbons (Fsp3) is 0.105. The highest BCUT2D eigenvalue weighted by molar-refractivity contribution is 6.35. The van der Waals surface area contributed by atoms with E-state index in [1.54, 1.807) is 41.8 Å². The van der Waals surface area contributed by atoms with E-state index in [0.29, 0.717) is 33.0 Å². The smallest absolute Gasteiger partial charge is 0.254 e. The van der Waals surface area contributed by atoms with Crippen molar-refractivity contribution in [1.29, 1.82) is 0 Å². The van der Waals surface area contributed by atoms with Crippen molar-refractivity contribution in [2.24, 2.45) is 5.73 Å². The summed E-state index contributed by atoms with van der Waals surface area (Å²) in [4.78, 5) is 21.3. The minimum absolute atomic E-state index is 0.0708. The van der Waals surface area contributed by atoms with Gasteiger partial charge >= 0.3 is 0 Å². The van der Waals surface area contributed by atoms with Crippen molar-refractivity contribution in [1.82, 2.24) is 14.5 Å². The molecule has 0 bridgehead atoms. The monoisotopic (exact) mass is 381 g/mol. The fourth-order valence-corrected chi connectivity index (χ4v) is 3.55. The first-order valence-corrected chi connectivity index (χ1v) is 8.54. The van der Waals surface area contributed by atoms with Crippen LogP contribution in [0.4, 0.5) is 5.82 Å². The van der Waals surface area contributed by atoms with Gasteiger partial charge in [-0.2, -0.15) is 0 Å². The van der Waals surface area contributed by atoms with Crippen LogP contribution < -0.4 is 11.5 Å². The number of aryl methyl sites for hydroxylation is 1. The third-order valence-corrected chi connectivity index (χ3v) is 4.95. The Hall–Kier alpha value is -3.32. The number of benzene rings is 2. The largest absolute Gasteiger partial charge is 0.508 e. The predicted molar refractivity (Wildman–Crippen MR) is 105 cm³/mol. The van der Waals surface area contributed by atoms with Crippen LogP contribution in [0.3, 0.4) is 0 Å². The zero-order valence-electron chi connectivity index (χ0n) is 14.6. The molecule has 0 unspecified atom stereocenters. The Kier molecular flexibility index (Phi) is 3.71. The molecule has 0 fully saturated rings. The minimum Gasteiger partial charge on any atom is -0.508 e. The number of aromatic nitrogens is 3. The molecule has 0 spiro atoms. The molecule has 0 saturated heterocycles. The third-order valence-electron chi connectivity index (χ3n) is 4.65. The Bertz CT molecular complexity index is 1260. The summed E-state index contributed by atoms with van der Waals surface area (Å²) in [6.45, 7) is 3.64. The topological polar surface area (TPSA) is 120 Å². The van der Waals surface area contributed by atoms with Crippen LogP contribution in [0.1, 0.15) is 21.5 Å². The van der Waals surface area contributed by atoms with Crippen molar-refractivity contribution < 1.29 is 9.90 Å². The molecule has 27 heavy (non-hydrogen) atoms. The molecule has 4 rings (SSSR count). The van der Waals surface area contributed by atoms with E-state index < -0.39 is 5.91 Å². The highest BCUT2D eigenvalue weighted by Crippen LogP contribution is 2.36. The van der Waals surface area contributed by atoms with Gasteiger partial charge in [-0.1, -0.05) is 23.7 Å².